The maximum atomic E-state index is 12.4. The van der Waals surface area contributed by atoms with Gasteiger partial charge in [0, 0.05) is 24.7 Å². The van der Waals surface area contributed by atoms with E-state index in [2.05, 4.69) is 22.5 Å². The number of carboxylic acids is 1. The second-order valence-corrected chi connectivity index (χ2v) is 7.07. The summed E-state index contributed by atoms with van der Waals surface area (Å²) >= 11 is 0. The minimum atomic E-state index is -1.02. The predicted octanol–water partition coefficient (Wildman–Crippen LogP) is 3.47. The maximum absolute atomic E-state index is 12.4. The molecule has 29 heavy (non-hydrogen) atoms. The van der Waals surface area contributed by atoms with Crippen LogP contribution in [0.3, 0.4) is 0 Å². The van der Waals surface area contributed by atoms with E-state index in [0.717, 1.165) is 22.3 Å². The number of hydrogen-bond acceptors (Lipinski definition) is 4. The van der Waals surface area contributed by atoms with Crippen LogP contribution in [0.5, 0.6) is 0 Å². The molecule has 1 amide bonds. The Balaban J connectivity index is 1.47. The number of rotatable bonds is 6. The molecule has 2 N–H and O–H groups in total. The molecular weight excluding hydrogens is 370 g/mol. The van der Waals surface area contributed by atoms with Crippen molar-refractivity contribution >= 4 is 12.1 Å². The van der Waals surface area contributed by atoms with Gasteiger partial charge in [-0.25, -0.2) is 4.79 Å². The fraction of sp³-hybridized carbons (Fsp3) is 0.227. The highest BCUT2D eigenvalue weighted by molar-refractivity contribution is 5.79. The summed E-state index contributed by atoms with van der Waals surface area (Å²) in [5, 5.41) is 15.9. The number of amides is 1. The summed E-state index contributed by atoms with van der Waals surface area (Å²) in [7, 11) is 1.73. The van der Waals surface area contributed by atoms with Gasteiger partial charge >= 0.3 is 12.1 Å². The number of carbonyl (C=O) groups is 2. The zero-order valence-electron chi connectivity index (χ0n) is 15.9. The average Bonchev–Trinajstić information content (AvgIpc) is 3.27. The van der Waals surface area contributed by atoms with Crippen LogP contribution in [0.2, 0.25) is 0 Å². The van der Waals surface area contributed by atoms with E-state index in [-0.39, 0.29) is 18.9 Å². The first-order valence-corrected chi connectivity index (χ1v) is 9.35. The SMILES string of the molecule is Cn1cc([C@@H](CC(=O)O)NC(=O)OCC2c3ccccc3-c3ccccc32)cn1. The normalized spacial score (nSPS) is 13.4. The number of ether oxygens (including phenoxy) is 1. The summed E-state index contributed by atoms with van der Waals surface area (Å²) in [6.07, 6.45) is 2.31. The Morgan fingerprint density at radius 1 is 1.14 bits per heavy atom. The highest BCUT2D eigenvalue weighted by atomic mass is 16.5. The molecule has 0 fully saturated rings. The van der Waals surface area contributed by atoms with Crippen molar-refractivity contribution in [2.45, 2.75) is 18.4 Å². The molecule has 0 aliphatic heterocycles. The van der Waals surface area contributed by atoms with E-state index < -0.39 is 18.1 Å². The van der Waals surface area contributed by atoms with Gasteiger partial charge < -0.3 is 15.2 Å². The van der Waals surface area contributed by atoms with E-state index in [9.17, 15) is 9.59 Å². The molecule has 148 valence electrons. The van der Waals surface area contributed by atoms with Gasteiger partial charge in [0.15, 0.2) is 0 Å². The van der Waals surface area contributed by atoms with Crippen molar-refractivity contribution in [3.8, 4) is 11.1 Å². The lowest BCUT2D eigenvalue weighted by Crippen LogP contribution is -2.31. The summed E-state index contributed by atoms with van der Waals surface area (Å²) in [5.74, 6) is -1.07. The number of alkyl carbamates (subject to hydrolysis) is 1. The van der Waals surface area contributed by atoms with E-state index in [1.54, 1.807) is 17.9 Å². The fourth-order valence-corrected chi connectivity index (χ4v) is 3.83. The molecule has 1 aliphatic carbocycles. The molecule has 2 aromatic carbocycles. The van der Waals surface area contributed by atoms with Gasteiger partial charge in [-0.05, 0) is 22.3 Å². The molecule has 1 aliphatic rings. The number of nitrogens with zero attached hydrogens (tertiary/aromatic N) is 2. The predicted molar refractivity (Wildman–Crippen MR) is 106 cm³/mol. The van der Waals surface area contributed by atoms with Crippen molar-refractivity contribution in [1.82, 2.24) is 15.1 Å². The fourth-order valence-electron chi connectivity index (χ4n) is 3.83. The van der Waals surface area contributed by atoms with Gasteiger partial charge in [0.1, 0.15) is 6.61 Å². The summed E-state index contributed by atoms with van der Waals surface area (Å²) in [5.41, 5.74) is 5.16. The molecule has 0 saturated heterocycles. The Bertz CT molecular complexity index is 1010. The van der Waals surface area contributed by atoms with Gasteiger partial charge in [0.05, 0.1) is 18.7 Å². The van der Waals surface area contributed by atoms with Crippen molar-refractivity contribution in [2.75, 3.05) is 6.61 Å². The van der Waals surface area contributed by atoms with Crippen LogP contribution in [0.25, 0.3) is 11.1 Å². The number of hydrogen-bond donors (Lipinski definition) is 2. The molecular formula is C22H21N3O4. The van der Waals surface area contributed by atoms with Gasteiger partial charge in [-0.15, -0.1) is 0 Å². The molecule has 7 heteroatoms. The molecule has 3 aromatic rings. The van der Waals surface area contributed by atoms with Crippen LogP contribution in [0.15, 0.2) is 60.9 Å². The number of aromatic nitrogens is 2. The number of fused-ring (bicyclic) bond motifs is 3. The summed E-state index contributed by atoms with van der Waals surface area (Å²) in [4.78, 5) is 23.6. The number of aryl methyl sites for hydroxylation is 1. The maximum Gasteiger partial charge on any atom is 0.407 e. The summed E-state index contributed by atoms with van der Waals surface area (Å²) in [6.45, 7) is 0.173. The van der Waals surface area contributed by atoms with Crippen molar-refractivity contribution in [3.05, 3.63) is 77.6 Å². The van der Waals surface area contributed by atoms with E-state index in [0.29, 0.717) is 5.56 Å². The van der Waals surface area contributed by atoms with Gasteiger partial charge in [0.25, 0.3) is 0 Å². The van der Waals surface area contributed by atoms with Crippen molar-refractivity contribution in [2.24, 2.45) is 7.05 Å². The third kappa shape index (κ3) is 3.85. The smallest absolute Gasteiger partial charge is 0.407 e. The van der Waals surface area contributed by atoms with Crippen LogP contribution in [0.4, 0.5) is 4.79 Å². The number of carboxylic acid groups (broad SMARTS) is 1. The number of aliphatic carboxylic acids is 1. The largest absolute Gasteiger partial charge is 0.481 e. The average molecular weight is 391 g/mol. The van der Waals surface area contributed by atoms with Crippen LogP contribution in [-0.4, -0.2) is 33.6 Å². The molecule has 0 unspecified atom stereocenters. The lowest BCUT2D eigenvalue weighted by Gasteiger charge is -2.18. The third-order valence-electron chi connectivity index (χ3n) is 5.14. The monoisotopic (exact) mass is 391 g/mol. The minimum Gasteiger partial charge on any atom is -0.481 e. The molecule has 7 nitrogen and oxygen atoms in total. The third-order valence-corrected chi connectivity index (χ3v) is 5.14. The van der Waals surface area contributed by atoms with E-state index in [1.165, 1.54) is 6.20 Å². The Labute approximate surface area is 167 Å². The Morgan fingerprint density at radius 3 is 2.31 bits per heavy atom. The molecule has 0 radical (unpaired) electrons. The first kappa shape index (κ1) is 18.7. The standard InChI is InChI=1S/C22H21N3O4/c1-25-12-14(11-23-25)20(10-21(26)27)24-22(28)29-13-19-17-8-4-2-6-15(17)16-7-3-5-9-18(16)19/h2-9,11-12,19-20H,10,13H2,1H3,(H,24,28)(H,26,27)/t20-/m1/s1. The van der Waals surface area contributed by atoms with Crippen LogP contribution in [0.1, 0.15) is 35.1 Å². The van der Waals surface area contributed by atoms with Crippen LogP contribution in [-0.2, 0) is 16.6 Å². The van der Waals surface area contributed by atoms with Crippen LogP contribution < -0.4 is 5.32 Å². The molecule has 0 spiro atoms. The first-order chi connectivity index (χ1) is 14.0. The van der Waals surface area contributed by atoms with Gasteiger partial charge in [-0.3, -0.25) is 9.48 Å². The quantitative estimate of drug-likeness (QED) is 0.671. The number of nitrogens with one attached hydrogen (secondary N) is 1. The topological polar surface area (TPSA) is 93.5 Å². The Kier molecular flexibility index (Phi) is 5.03. The zero-order chi connectivity index (χ0) is 20.4. The van der Waals surface area contributed by atoms with Crippen LogP contribution in [0, 0.1) is 0 Å². The first-order valence-electron chi connectivity index (χ1n) is 9.35. The summed E-state index contributed by atoms with van der Waals surface area (Å²) < 4.78 is 7.07. The second-order valence-electron chi connectivity index (χ2n) is 7.07. The molecule has 1 heterocycles. The molecule has 0 saturated carbocycles. The lowest BCUT2D eigenvalue weighted by atomic mass is 9.98. The second kappa shape index (κ2) is 7.79. The van der Waals surface area contributed by atoms with E-state index in [4.69, 9.17) is 9.84 Å². The highest BCUT2D eigenvalue weighted by Crippen LogP contribution is 2.44. The molecule has 4 rings (SSSR count). The zero-order valence-corrected chi connectivity index (χ0v) is 15.9. The Hall–Kier alpha value is -3.61. The van der Waals surface area contributed by atoms with Crippen LogP contribution >= 0.6 is 0 Å². The molecule has 1 atom stereocenters. The minimum absolute atomic E-state index is 0.0514. The number of carbonyl (C=O) groups excluding carboxylic acids is 1. The summed E-state index contributed by atoms with van der Waals surface area (Å²) in [6, 6.07) is 15.5. The Morgan fingerprint density at radius 2 is 1.76 bits per heavy atom. The van der Waals surface area contributed by atoms with Crippen molar-refractivity contribution < 1.29 is 19.4 Å². The molecule has 0 bridgehead atoms. The molecule has 1 aromatic heterocycles. The highest BCUT2D eigenvalue weighted by Gasteiger charge is 2.29. The van der Waals surface area contributed by atoms with Gasteiger partial charge in [-0.1, -0.05) is 48.5 Å². The van der Waals surface area contributed by atoms with E-state index >= 15 is 0 Å². The van der Waals surface area contributed by atoms with Gasteiger partial charge in [0.2, 0.25) is 0 Å². The van der Waals surface area contributed by atoms with E-state index in [1.807, 2.05) is 36.4 Å². The lowest BCUT2D eigenvalue weighted by molar-refractivity contribution is -0.137. The van der Waals surface area contributed by atoms with Gasteiger partial charge in [-0.2, -0.15) is 5.10 Å². The van der Waals surface area contributed by atoms with Crippen molar-refractivity contribution in [3.63, 3.8) is 0 Å². The number of benzene rings is 2. The van der Waals surface area contributed by atoms with Crippen molar-refractivity contribution in [1.29, 1.82) is 0 Å².